The Morgan fingerprint density at radius 2 is 2.22 bits per heavy atom. The summed E-state index contributed by atoms with van der Waals surface area (Å²) in [5.74, 6) is 1.23. The van der Waals surface area contributed by atoms with E-state index in [4.69, 9.17) is 9.26 Å². The second-order valence-corrected chi connectivity index (χ2v) is 4.98. The summed E-state index contributed by atoms with van der Waals surface area (Å²) < 4.78 is 10.6. The van der Waals surface area contributed by atoms with Gasteiger partial charge in [-0.2, -0.15) is 0 Å². The van der Waals surface area contributed by atoms with Gasteiger partial charge in [0, 0.05) is 23.5 Å². The van der Waals surface area contributed by atoms with Gasteiger partial charge in [-0.15, -0.1) is 0 Å². The van der Waals surface area contributed by atoms with Gasteiger partial charge in [0.15, 0.2) is 11.6 Å². The highest BCUT2D eigenvalue weighted by molar-refractivity contribution is 5.90. The number of amides is 1. The molecule has 2 heterocycles. The Morgan fingerprint density at radius 1 is 1.39 bits per heavy atom. The van der Waals surface area contributed by atoms with Crippen molar-refractivity contribution in [3.8, 4) is 17.0 Å². The van der Waals surface area contributed by atoms with Gasteiger partial charge in [0.05, 0.1) is 13.7 Å². The van der Waals surface area contributed by atoms with Crippen LogP contribution in [0.25, 0.3) is 11.3 Å². The number of carbonyl (C=O) groups is 1. The predicted molar refractivity (Wildman–Crippen MR) is 83.0 cm³/mol. The number of ether oxygens (including phenoxy) is 1. The topological polar surface area (TPSA) is 93.0 Å². The van der Waals surface area contributed by atoms with Gasteiger partial charge in [-0.25, -0.2) is 4.98 Å². The first kappa shape index (κ1) is 14.8. The van der Waals surface area contributed by atoms with Crippen LogP contribution in [-0.2, 0) is 6.54 Å². The normalized spacial score (nSPS) is 10.5. The fraction of sp³-hybridized carbons (Fsp3) is 0.188. The molecule has 7 nitrogen and oxygen atoms in total. The Balaban J connectivity index is 1.69. The molecule has 0 spiro atoms. The minimum absolute atomic E-state index is 0.223. The van der Waals surface area contributed by atoms with Gasteiger partial charge in [-0.3, -0.25) is 4.79 Å². The number of imidazole rings is 1. The van der Waals surface area contributed by atoms with Crippen molar-refractivity contribution < 1.29 is 14.1 Å². The molecule has 0 aliphatic rings. The van der Waals surface area contributed by atoms with Gasteiger partial charge in [-0.05, 0) is 19.1 Å². The average molecular weight is 312 g/mol. The molecule has 0 saturated carbocycles. The lowest BCUT2D eigenvalue weighted by atomic mass is 10.1. The van der Waals surface area contributed by atoms with Crippen molar-refractivity contribution in [2.45, 2.75) is 13.5 Å². The van der Waals surface area contributed by atoms with Crippen molar-refractivity contribution in [1.29, 1.82) is 0 Å². The summed E-state index contributed by atoms with van der Waals surface area (Å²) in [6, 6.07) is 9.29. The summed E-state index contributed by atoms with van der Waals surface area (Å²) in [6.45, 7) is 2.06. The summed E-state index contributed by atoms with van der Waals surface area (Å²) in [5, 5.41) is 6.74. The summed E-state index contributed by atoms with van der Waals surface area (Å²) in [4.78, 5) is 18.8. The van der Waals surface area contributed by atoms with Crippen LogP contribution in [-0.4, -0.2) is 28.1 Å². The van der Waals surface area contributed by atoms with Crippen molar-refractivity contribution >= 4 is 5.91 Å². The molecule has 0 saturated heterocycles. The standard InChI is InChI=1S/C16H16N4O3/c1-10-8-17-15(19-10)16(21)18-9-11-7-13(20-23-11)12-5-3-4-6-14(12)22-2/h3-8H,9H2,1-2H3,(H,17,19)(H,18,21). The average Bonchev–Trinajstić information content (AvgIpc) is 3.21. The number of nitrogens with zero attached hydrogens (tertiary/aromatic N) is 2. The summed E-state index contributed by atoms with van der Waals surface area (Å²) >= 11 is 0. The number of para-hydroxylation sites is 1. The maximum Gasteiger partial charge on any atom is 0.287 e. The quantitative estimate of drug-likeness (QED) is 0.754. The molecule has 23 heavy (non-hydrogen) atoms. The zero-order chi connectivity index (χ0) is 16.2. The molecule has 1 amide bonds. The molecule has 0 aliphatic carbocycles. The third kappa shape index (κ3) is 3.23. The van der Waals surface area contributed by atoms with Crippen molar-refractivity contribution in [3.63, 3.8) is 0 Å². The predicted octanol–water partition coefficient (Wildman–Crippen LogP) is 2.31. The van der Waals surface area contributed by atoms with Crippen LogP contribution in [0.3, 0.4) is 0 Å². The smallest absolute Gasteiger partial charge is 0.287 e. The van der Waals surface area contributed by atoms with E-state index in [1.165, 1.54) is 0 Å². The van der Waals surface area contributed by atoms with E-state index in [9.17, 15) is 4.79 Å². The summed E-state index contributed by atoms with van der Waals surface area (Å²) in [7, 11) is 1.60. The first-order chi connectivity index (χ1) is 11.2. The van der Waals surface area contributed by atoms with E-state index in [0.717, 1.165) is 11.3 Å². The van der Waals surface area contributed by atoms with Crippen LogP contribution in [0.2, 0.25) is 0 Å². The maximum atomic E-state index is 11.9. The minimum atomic E-state index is -0.298. The number of carbonyl (C=O) groups excluding carboxylic acids is 1. The van der Waals surface area contributed by atoms with E-state index in [1.807, 2.05) is 31.2 Å². The van der Waals surface area contributed by atoms with Crippen molar-refractivity contribution in [2.75, 3.05) is 7.11 Å². The van der Waals surface area contributed by atoms with Crippen LogP contribution in [0, 0.1) is 6.92 Å². The van der Waals surface area contributed by atoms with E-state index in [-0.39, 0.29) is 18.3 Å². The van der Waals surface area contributed by atoms with E-state index in [1.54, 1.807) is 19.4 Å². The Labute approximate surface area is 132 Å². The molecule has 0 bridgehead atoms. The summed E-state index contributed by atoms with van der Waals surface area (Å²) in [5.41, 5.74) is 2.31. The zero-order valence-electron chi connectivity index (χ0n) is 12.8. The van der Waals surface area contributed by atoms with Crippen LogP contribution < -0.4 is 10.1 Å². The molecule has 3 rings (SSSR count). The van der Waals surface area contributed by atoms with E-state index >= 15 is 0 Å². The van der Waals surface area contributed by atoms with E-state index in [2.05, 4.69) is 20.4 Å². The highest BCUT2D eigenvalue weighted by Gasteiger charge is 2.13. The largest absolute Gasteiger partial charge is 0.496 e. The van der Waals surface area contributed by atoms with Gasteiger partial charge in [0.25, 0.3) is 5.91 Å². The van der Waals surface area contributed by atoms with Crippen LogP contribution in [0.15, 0.2) is 41.1 Å². The monoisotopic (exact) mass is 312 g/mol. The van der Waals surface area contributed by atoms with Crippen molar-refractivity contribution in [1.82, 2.24) is 20.4 Å². The second-order valence-electron chi connectivity index (χ2n) is 4.98. The Morgan fingerprint density at radius 3 is 2.96 bits per heavy atom. The minimum Gasteiger partial charge on any atom is -0.496 e. The molecule has 3 aromatic rings. The molecule has 0 radical (unpaired) electrons. The van der Waals surface area contributed by atoms with Crippen LogP contribution in [0.4, 0.5) is 0 Å². The Hall–Kier alpha value is -3.09. The number of hydrogen-bond acceptors (Lipinski definition) is 5. The third-order valence-electron chi connectivity index (χ3n) is 3.28. The molecule has 0 atom stereocenters. The van der Waals surface area contributed by atoms with Crippen LogP contribution in [0.5, 0.6) is 5.75 Å². The molecule has 0 unspecified atom stereocenters. The van der Waals surface area contributed by atoms with Crippen molar-refractivity contribution in [2.24, 2.45) is 0 Å². The third-order valence-corrected chi connectivity index (χ3v) is 3.28. The maximum absolute atomic E-state index is 11.9. The fourth-order valence-corrected chi connectivity index (χ4v) is 2.16. The van der Waals surface area contributed by atoms with Gasteiger partial charge in [0.2, 0.25) is 0 Å². The van der Waals surface area contributed by atoms with Gasteiger partial charge < -0.3 is 19.6 Å². The van der Waals surface area contributed by atoms with E-state index in [0.29, 0.717) is 17.2 Å². The van der Waals surface area contributed by atoms with Crippen LogP contribution in [0.1, 0.15) is 22.1 Å². The molecule has 7 heteroatoms. The number of hydrogen-bond donors (Lipinski definition) is 2. The molecule has 118 valence electrons. The summed E-state index contributed by atoms with van der Waals surface area (Å²) in [6.07, 6.45) is 1.60. The lowest BCUT2D eigenvalue weighted by Crippen LogP contribution is -2.23. The molecule has 2 aromatic heterocycles. The molecule has 2 N–H and O–H groups in total. The molecular formula is C16H16N4O3. The number of aromatic nitrogens is 3. The zero-order valence-corrected chi connectivity index (χ0v) is 12.8. The number of methoxy groups -OCH3 is 1. The van der Waals surface area contributed by atoms with Gasteiger partial charge >= 0.3 is 0 Å². The van der Waals surface area contributed by atoms with Crippen LogP contribution >= 0.6 is 0 Å². The highest BCUT2D eigenvalue weighted by Crippen LogP contribution is 2.28. The van der Waals surface area contributed by atoms with E-state index < -0.39 is 0 Å². The second kappa shape index (κ2) is 6.35. The molecule has 1 aromatic carbocycles. The number of benzene rings is 1. The lowest BCUT2D eigenvalue weighted by molar-refractivity contribution is 0.0937. The Kier molecular flexibility index (Phi) is 4.09. The number of aromatic amines is 1. The molecule has 0 aliphatic heterocycles. The first-order valence-corrected chi connectivity index (χ1v) is 7.06. The van der Waals surface area contributed by atoms with Gasteiger partial charge in [0.1, 0.15) is 11.4 Å². The number of rotatable bonds is 5. The number of nitrogens with one attached hydrogen (secondary N) is 2. The fourth-order valence-electron chi connectivity index (χ4n) is 2.16. The Bertz CT molecular complexity index is 822. The number of H-pyrrole nitrogens is 1. The highest BCUT2D eigenvalue weighted by atomic mass is 16.5. The molecular weight excluding hydrogens is 296 g/mol. The lowest BCUT2D eigenvalue weighted by Gasteiger charge is -2.03. The number of aryl methyl sites for hydroxylation is 1. The van der Waals surface area contributed by atoms with Crippen molar-refractivity contribution in [3.05, 3.63) is 53.8 Å². The first-order valence-electron chi connectivity index (χ1n) is 7.06. The SMILES string of the molecule is COc1ccccc1-c1cc(CNC(=O)c2ncc(C)[nH]2)on1. The van der Waals surface area contributed by atoms with Gasteiger partial charge in [-0.1, -0.05) is 17.3 Å². The molecule has 0 fully saturated rings.